The van der Waals surface area contributed by atoms with E-state index in [2.05, 4.69) is 4.72 Å². The molecule has 0 radical (unpaired) electrons. The summed E-state index contributed by atoms with van der Waals surface area (Å²) in [6.07, 6.45) is 0. The fraction of sp³-hybridized carbons (Fsp3) is 0.417. The van der Waals surface area contributed by atoms with Crippen LogP contribution in [0.3, 0.4) is 0 Å². The molecule has 116 valence electrons. The molecule has 1 aromatic carbocycles. The summed E-state index contributed by atoms with van der Waals surface area (Å²) < 4.78 is 27.2. The van der Waals surface area contributed by atoms with Gasteiger partial charge in [0.25, 0.3) is 0 Å². The summed E-state index contributed by atoms with van der Waals surface area (Å²) in [5.41, 5.74) is 6.05. The summed E-state index contributed by atoms with van der Waals surface area (Å²) in [6.45, 7) is 0.410. The number of sulfonamides is 1. The Labute approximate surface area is 143 Å². The van der Waals surface area contributed by atoms with E-state index < -0.39 is 10.0 Å². The van der Waals surface area contributed by atoms with E-state index in [9.17, 15) is 8.42 Å². The lowest BCUT2D eigenvalue weighted by Gasteiger charge is -2.21. The zero-order valence-electron chi connectivity index (χ0n) is 11.0. The molecular formula is C12H15ClN2O2S4. The molecular weight excluding hydrogens is 368 g/mol. The maximum Gasteiger partial charge on any atom is 0.242 e. The van der Waals surface area contributed by atoms with Gasteiger partial charge in [0.15, 0.2) is 0 Å². The Balaban J connectivity index is 2.10. The van der Waals surface area contributed by atoms with Crippen LogP contribution in [0, 0.1) is 0 Å². The number of rotatable bonds is 5. The number of halogens is 1. The summed E-state index contributed by atoms with van der Waals surface area (Å²) >= 11 is 14.5. The van der Waals surface area contributed by atoms with Crippen molar-refractivity contribution in [2.75, 3.05) is 23.8 Å². The first-order valence-corrected chi connectivity index (χ1v) is 10.7. The zero-order chi connectivity index (χ0) is 15.5. The van der Waals surface area contributed by atoms with Crippen LogP contribution in [0.15, 0.2) is 23.1 Å². The van der Waals surface area contributed by atoms with E-state index in [-0.39, 0.29) is 14.9 Å². The smallest absolute Gasteiger partial charge is 0.242 e. The average molecular weight is 383 g/mol. The summed E-state index contributed by atoms with van der Waals surface area (Å²) in [6, 6.07) is 4.47. The van der Waals surface area contributed by atoms with Crippen molar-refractivity contribution >= 4 is 62.4 Å². The largest absolute Gasteiger partial charge is 0.389 e. The van der Waals surface area contributed by atoms with Gasteiger partial charge in [-0.25, -0.2) is 13.1 Å². The topological polar surface area (TPSA) is 72.2 Å². The summed E-state index contributed by atoms with van der Waals surface area (Å²) in [5.74, 6) is 3.14. The van der Waals surface area contributed by atoms with Gasteiger partial charge in [-0.05, 0) is 12.1 Å². The Morgan fingerprint density at radius 3 is 2.81 bits per heavy atom. The zero-order valence-corrected chi connectivity index (χ0v) is 15.1. The minimum atomic E-state index is -3.62. The third-order valence-electron chi connectivity index (χ3n) is 2.89. The van der Waals surface area contributed by atoms with Crippen LogP contribution in [0.25, 0.3) is 0 Å². The van der Waals surface area contributed by atoms with Crippen LogP contribution in [0.5, 0.6) is 0 Å². The first-order chi connectivity index (χ1) is 9.90. The SMILES string of the molecule is NC(=S)c1ccc(S(=O)(=O)NCC2CSCCS2)c(Cl)c1. The van der Waals surface area contributed by atoms with Crippen molar-refractivity contribution in [3.8, 4) is 0 Å². The highest BCUT2D eigenvalue weighted by molar-refractivity contribution is 8.06. The molecule has 1 aromatic rings. The Morgan fingerprint density at radius 2 is 2.24 bits per heavy atom. The van der Waals surface area contributed by atoms with Crippen molar-refractivity contribution in [3.63, 3.8) is 0 Å². The van der Waals surface area contributed by atoms with Crippen LogP contribution in [0.1, 0.15) is 5.56 Å². The summed E-state index contributed by atoms with van der Waals surface area (Å²) in [7, 11) is -3.62. The van der Waals surface area contributed by atoms with Gasteiger partial charge in [0.2, 0.25) is 10.0 Å². The summed E-state index contributed by atoms with van der Waals surface area (Å²) in [4.78, 5) is 0.238. The van der Waals surface area contributed by atoms with Crippen molar-refractivity contribution in [3.05, 3.63) is 28.8 Å². The van der Waals surface area contributed by atoms with E-state index in [1.807, 2.05) is 11.8 Å². The van der Waals surface area contributed by atoms with Crippen molar-refractivity contribution in [2.45, 2.75) is 10.1 Å². The quantitative estimate of drug-likeness (QED) is 0.760. The molecule has 0 amide bonds. The molecule has 1 fully saturated rings. The average Bonchev–Trinajstić information content (AvgIpc) is 2.46. The second-order valence-corrected chi connectivity index (χ2v) is 9.57. The van der Waals surface area contributed by atoms with E-state index in [1.54, 1.807) is 17.8 Å². The van der Waals surface area contributed by atoms with Crippen LogP contribution in [0.2, 0.25) is 5.02 Å². The molecule has 1 saturated heterocycles. The van der Waals surface area contributed by atoms with Crippen LogP contribution in [-0.4, -0.2) is 42.5 Å². The van der Waals surface area contributed by atoms with Crippen LogP contribution >= 0.6 is 47.3 Å². The van der Waals surface area contributed by atoms with Gasteiger partial charge in [-0.1, -0.05) is 29.9 Å². The van der Waals surface area contributed by atoms with E-state index in [4.69, 9.17) is 29.6 Å². The fourth-order valence-corrected chi connectivity index (χ4v) is 6.28. The number of nitrogens with one attached hydrogen (secondary N) is 1. The van der Waals surface area contributed by atoms with E-state index in [1.165, 1.54) is 12.1 Å². The fourth-order valence-electron chi connectivity index (χ4n) is 1.81. The van der Waals surface area contributed by atoms with Gasteiger partial charge in [0.1, 0.15) is 9.88 Å². The lowest BCUT2D eigenvalue weighted by molar-refractivity contribution is 0.581. The van der Waals surface area contributed by atoms with Gasteiger partial charge in [-0.3, -0.25) is 0 Å². The molecule has 4 nitrogen and oxygen atoms in total. The number of thioether (sulfide) groups is 2. The third kappa shape index (κ3) is 4.74. The third-order valence-corrected chi connectivity index (χ3v) is 7.88. The first kappa shape index (κ1) is 17.4. The lowest BCUT2D eigenvalue weighted by atomic mass is 10.2. The molecule has 1 aliphatic heterocycles. The molecule has 2 rings (SSSR count). The van der Waals surface area contributed by atoms with Gasteiger partial charge < -0.3 is 5.73 Å². The van der Waals surface area contributed by atoms with E-state index in [0.717, 1.165) is 17.3 Å². The molecule has 3 N–H and O–H groups in total. The minimum absolute atomic E-state index is 0.0534. The Bertz CT molecular complexity index is 630. The highest BCUT2D eigenvalue weighted by Gasteiger charge is 2.21. The minimum Gasteiger partial charge on any atom is -0.389 e. The Hall–Kier alpha value is 0.01000. The van der Waals surface area contributed by atoms with Crippen molar-refractivity contribution < 1.29 is 8.42 Å². The molecule has 0 saturated carbocycles. The lowest BCUT2D eigenvalue weighted by Crippen LogP contribution is -2.33. The summed E-state index contributed by atoms with van der Waals surface area (Å²) in [5, 5.41) is 0.423. The molecule has 21 heavy (non-hydrogen) atoms. The van der Waals surface area contributed by atoms with E-state index >= 15 is 0 Å². The van der Waals surface area contributed by atoms with Gasteiger partial charge in [0.05, 0.1) is 5.02 Å². The molecule has 1 heterocycles. The number of nitrogens with two attached hydrogens (primary N) is 1. The highest BCUT2D eigenvalue weighted by Crippen LogP contribution is 2.25. The van der Waals surface area contributed by atoms with Crippen molar-refractivity contribution in [2.24, 2.45) is 5.73 Å². The predicted octanol–water partition coefficient (Wildman–Crippen LogP) is 2.10. The molecule has 0 bridgehead atoms. The number of benzene rings is 1. The van der Waals surface area contributed by atoms with Crippen LogP contribution in [-0.2, 0) is 10.0 Å². The molecule has 0 aromatic heterocycles. The molecule has 0 spiro atoms. The maximum absolute atomic E-state index is 12.3. The van der Waals surface area contributed by atoms with Crippen LogP contribution in [0.4, 0.5) is 0 Å². The van der Waals surface area contributed by atoms with Crippen molar-refractivity contribution in [1.82, 2.24) is 4.72 Å². The molecule has 1 aliphatic rings. The van der Waals surface area contributed by atoms with Crippen molar-refractivity contribution in [1.29, 1.82) is 0 Å². The second kappa shape index (κ2) is 7.52. The predicted molar refractivity (Wildman–Crippen MR) is 96.1 cm³/mol. The monoisotopic (exact) mass is 382 g/mol. The first-order valence-electron chi connectivity index (χ1n) is 6.18. The molecule has 9 heteroatoms. The number of hydrogen-bond acceptors (Lipinski definition) is 5. The Kier molecular flexibility index (Phi) is 6.22. The molecule has 1 unspecified atom stereocenters. The van der Waals surface area contributed by atoms with Gasteiger partial charge in [-0.15, -0.1) is 0 Å². The highest BCUT2D eigenvalue weighted by atomic mass is 35.5. The van der Waals surface area contributed by atoms with Gasteiger partial charge in [0, 0.05) is 34.6 Å². The van der Waals surface area contributed by atoms with Gasteiger partial charge in [-0.2, -0.15) is 23.5 Å². The molecule has 1 atom stereocenters. The number of hydrogen-bond donors (Lipinski definition) is 2. The van der Waals surface area contributed by atoms with Crippen LogP contribution < -0.4 is 10.5 Å². The normalized spacial score (nSPS) is 19.4. The Morgan fingerprint density at radius 1 is 1.48 bits per heavy atom. The maximum atomic E-state index is 12.3. The van der Waals surface area contributed by atoms with Gasteiger partial charge >= 0.3 is 0 Å². The standard InChI is InChI=1S/C12H15ClN2O2S4/c13-10-5-8(12(14)18)1-2-11(10)21(16,17)15-6-9-7-19-3-4-20-9/h1-2,5,9,15H,3-4,6-7H2,(H2,14,18). The second-order valence-electron chi connectivity index (χ2n) is 4.43. The number of thiocarbonyl (C=S) groups is 1. The van der Waals surface area contributed by atoms with E-state index in [0.29, 0.717) is 17.4 Å². The molecule has 0 aliphatic carbocycles.